The highest BCUT2D eigenvalue weighted by Crippen LogP contribution is 2.16. The number of rotatable bonds is 6. The molecule has 0 unspecified atom stereocenters. The van der Waals surface area contributed by atoms with E-state index < -0.39 is 0 Å². The predicted octanol–water partition coefficient (Wildman–Crippen LogP) is 2.96. The van der Waals surface area contributed by atoms with Gasteiger partial charge in [0.1, 0.15) is 5.76 Å². The minimum atomic E-state index is 0.285. The Labute approximate surface area is 149 Å². The molecule has 1 amide bonds. The molecule has 0 bridgehead atoms. The van der Waals surface area contributed by atoms with E-state index in [1.54, 1.807) is 0 Å². The molecule has 2 aromatic rings. The van der Waals surface area contributed by atoms with Gasteiger partial charge in [0.15, 0.2) is 0 Å². The quantitative estimate of drug-likeness (QED) is 0.810. The fourth-order valence-corrected chi connectivity index (χ4v) is 3.35. The van der Waals surface area contributed by atoms with E-state index in [1.807, 2.05) is 24.8 Å². The summed E-state index contributed by atoms with van der Waals surface area (Å²) in [5.41, 5.74) is 3.46. The molecule has 134 valence electrons. The highest BCUT2D eigenvalue weighted by molar-refractivity contribution is 5.76. The zero-order valence-electron chi connectivity index (χ0n) is 15.2. The molecule has 0 radical (unpaired) electrons. The number of nitrogens with zero attached hydrogens (tertiary/aromatic N) is 3. The first-order valence-electron chi connectivity index (χ1n) is 9.09. The van der Waals surface area contributed by atoms with Crippen LogP contribution in [0, 0.1) is 13.8 Å². The van der Waals surface area contributed by atoms with Crippen LogP contribution in [0.4, 0.5) is 0 Å². The van der Waals surface area contributed by atoms with Crippen molar-refractivity contribution in [1.82, 2.24) is 15.0 Å². The molecule has 1 fully saturated rings. The highest BCUT2D eigenvalue weighted by atomic mass is 16.5. The van der Waals surface area contributed by atoms with Gasteiger partial charge in [-0.1, -0.05) is 35.5 Å². The molecule has 0 aliphatic carbocycles. The summed E-state index contributed by atoms with van der Waals surface area (Å²) in [5.74, 6) is 1.19. The lowest BCUT2D eigenvalue weighted by Crippen LogP contribution is -2.48. The summed E-state index contributed by atoms with van der Waals surface area (Å²) in [7, 11) is 0. The maximum Gasteiger partial charge on any atom is 0.222 e. The fraction of sp³-hybridized carbons (Fsp3) is 0.500. The van der Waals surface area contributed by atoms with Crippen LogP contribution in [0.25, 0.3) is 0 Å². The van der Waals surface area contributed by atoms with Gasteiger partial charge in [0.05, 0.1) is 5.69 Å². The van der Waals surface area contributed by atoms with Gasteiger partial charge in [0.25, 0.3) is 0 Å². The fourth-order valence-electron chi connectivity index (χ4n) is 3.35. The number of aromatic nitrogens is 1. The Morgan fingerprint density at radius 2 is 1.84 bits per heavy atom. The summed E-state index contributed by atoms with van der Waals surface area (Å²) < 4.78 is 5.24. The van der Waals surface area contributed by atoms with Gasteiger partial charge in [-0.15, -0.1) is 0 Å². The van der Waals surface area contributed by atoms with Gasteiger partial charge >= 0.3 is 0 Å². The SMILES string of the molecule is Cc1noc(C)c1CN1CCN(C(=O)CCCc2ccccc2)CC1. The van der Waals surface area contributed by atoms with Crippen LogP contribution in [0.1, 0.15) is 35.4 Å². The number of aryl methyl sites for hydroxylation is 3. The monoisotopic (exact) mass is 341 g/mol. The van der Waals surface area contributed by atoms with Gasteiger partial charge in [-0.05, 0) is 32.3 Å². The Bertz CT molecular complexity index is 669. The highest BCUT2D eigenvalue weighted by Gasteiger charge is 2.22. The van der Waals surface area contributed by atoms with E-state index in [0.717, 1.165) is 57.0 Å². The number of hydrogen-bond acceptors (Lipinski definition) is 4. The smallest absolute Gasteiger partial charge is 0.222 e. The predicted molar refractivity (Wildman–Crippen MR) is 97.2 cm³/mol. The molecule has 25 heavy (non-hydrogen) atoms. The van der Waals surface area contributed by atoms with E-state index >= 15 is 0 Å². The number of piperazine rings is 1. The summed E-state index contributed by atoms with van der Waals surface area (Å²) >= 11 is 0. The van der Waals surface area contributed by atoms with Gasteiger partial charge in [-0.2, -0.15) is 0 Å². The summed E-state index contributed by atoms with van der Waals surface area (Å²) in [5, 5.41) is 4.02. The molecule has 0 saturated carbocycles. The molecule has 1 saturated heterocycles. The third-order valence-corrected chi connectivity index (χ3v) is 4.99. The van der Waals surface area contributed by atoms with Crippen molar-refractivity contribution in [2.75, 3.05) is 26.2 Å². The van der Waals surface area contributed by atoms with Crippen LogP contribution < -0.4 is 0 Å². The third kappa shape index (κ3) is 4.69. The molecule has 1 aromatic carbocycles. The molecule has 5 nitrogen and oxygen atoms in total. The normalized spacial score (nSPS) is 15.5. The average Bonchev–Trinajstić information content (AvgIpc) is 2.95. The molecule has 0 N–H and O–H groups in total. The Morgan fingerprint density at radius 1 is 1.12 bits per heavy atom. The van der Waals surface area contributed by atoms with Crippen molar-refractivity contribution in [2.24, 2.45) is 0 Å². The summed E-state index contributed by atoms with van der Waals surface area (Å²) in [6.07, 6.45) is 2.53. The van der Waals surface area contributed by atoms with Crippen molar-refractivity contribution in [3.63, 3.8) is 0 Å². The Balaban J connectivity index is 1.40. The van der Waals surface area contributed by atoms with Gasteiger partial charge in [0, 0.05) is 44.7 Å². The van der Waals surface area contributed by atoms with Crippen molar-refractivity contribution in [3.05, 3.63) is 52.9 Å². The van der Waals surface area contributed by atoms with E-state index in [0.29, 0.717) is 6.42 Å². The number of carbonyl (C=O) groups is 1. The number of hydrogen-bond donors (Lipinski definition) is 0. The topological polar surface area (TPSA) is 49.6 Å². The first-order chi connectivity index (χ1) is 12.1. The van der Waals surface area contributed by atoms with E-state index in [1.165, 1.54) is 11.1 Å². The standard InChI is InChI=1S/C20H27N3O2/c1-16-19(17(2)25-21-16)15-22-11-13-23(14-12-22)20(24)10-6-9-18-7-4-3-5-8-18/h3-5,7-8H,6,9-15H2,1-2H3. The van der Waals surface area contributed by atoms with Crippen LogP contribution in [0.2, 0.25) is 0 Å². The summed E-state index contributed by atoms with van der Waals surface area (Å²) in [6, 6.07) is 10.4. The molecule has 1 aliphatic heterocycles. The minimum Gasteiger partial charge on any atom is -0.361 e. The maximum absolute atomic E-state index is 12.4. The van der Waals surface area contributed by atoms with Crippen LogP contribution in [0.15, 0.2) is 34.9 Å². The zero-order chi connectivity index (χ0) is 17.6. The van der Waals surface area contributed by atoms with E-state index in [-0.39, 0.29) is 5.91 Å². The zero-order valence-corrected chi connectivity index (χ0v) is 15.2. The van der Waals surface area contributed by atoms with Gasteiger partial charge < -0.3 is 9.42 Å². The van der Waals surface area contributed by atoms with Gasteiger partial charge in [-0.25, -0.2) is 0 Å². The second kappa shape index (κ2) is 8.30. The number of benzene rings is 1. The lowest BCUT2D eigenvalue weighted by atomic mass is 10.1. The molecular weight excluding hydrogens is 314 g/mol. The van der Waals surface area contributed by atoms with Gasteiger partial charge in [0.2, 0.25) is 5.91 Å². The Morgan fingerprint density at radius 3 is 2.48 bits per heavy atom. The number of carbonyl (C=O) groups excluding carboxylic acids is 1. The van der Waals surface area contributed by atoms with Crippen LogP contribution in [-0.2, 0) is 17.8 Å². The molecule has 1 aliphatic rings. The van der Waals surface area contributed by atoms with Crippen LogP contribution in [0.5, 0.6) is 0 Å². The third-order valence-electron chi connectivity index (χ3n) is 4.99. The van der Waals surface area contributed by atoms with Crippen molar-refractivity contribution in [2.45, 2.75) is 39.7 Å². The van der Waals surface area contributed by atoms with E-state index in [2.05, 4.69) is 34.3 Å². The molecule has 3 rings (SSSR count). The lowest BCUT2D eigenvalue weighted by Gasteiger charge is -2.34. The van der Waals surface area contributed by atoms with Crippen molar-refractivity contribution >= 4 is 5.91 Å². The van der Waals surface area contributed by atoms with Crippen molar-refractivity contribution in [3.8, 4) is 0 Å². The molecular formula is C20H27N3O2. The van der Waals surface area contributed by atoms with E-state index in [4.69, 9.17) is 4.52 Å². The van der Waals surface area contributed by atoms with Crippen LogP contribution in [-0.4, -0.2) is 47.0 Å². The second-order valence-corrected chi connectivity index (χ2v) is 6.80. The molecule has 5 heteroatoms. The molecule has 2 heterocycles. The number of amides is 1. The van der Waals surface area contributed by atoms with E-state index in [9.17, 15) is 4.79 Å². The Hall–Kier alpha value is -2.14. The summed E-state index contributed by atoms with van der Waals surface area (Å²) in [6.45, 7) is 8.25. The second-order valence-electron chi connectivity index (χ2n) is 6.80. The maximum atomic E-state index is 12.4. The molecule has 0 spiro atoms. The van der Waals surface area contributed by atoms with Crippen LogP contribution in [0.3, 0.4) is 0 Å². The average molecular weight is 341 g/mol. The molecule has 1 aromatic heterocycles. The summed E-state index contributed by atoms with van der Waals surface area (Å²) in [4.78, 5) is 16.8. The van der Waals surface area contributed by atoms with Crippen molar-refractivity contribution < 1.29 is 9.32 Å². The minimum absolute atomic E-state index is 0.285. The van der Waals surface area contributed by atoms with Crippen molar-refractivity contribution in [1.29, 1.82) is 0 Å². The largest absolute Gasteiger partial charge is 0.361 e. The first-order valence-corrected chi connectivity index (χ1v) is 9.09. The lowest BCUT2D eigenvalue weighted by molar-refractivity contribution is -0.133. The van der Waals surface area contributed by atoms with Gasteiger partial charge in [-0.3, -0.25) is 9.69 Å². The van der Waals surface area contributed by atoms with Crippen LogP contribution >= 0.6 is 0 Å². The molecule has 0 atom stereocenters. The Kier molecular flexibility index (Phi) is 5.87. The first kappa shape index (κ1) is 17.7.